The molecule has 0 unspecified atom stereocenters. The van der Waals surface area contributed by atoms with Crippen LogP contribution in [0.4, 0.5) is 0 Å². The van der Waals surface area contributed by atoms with Crippen LogP contribution in [0.25, 0.3) is 0 Å². The van der Waals surface area contributed by atoms with Crippen molar-refractivity contribution in [3.8, 4) is 0 Å². The van der Waals surface area contributed by atoms with Crippen LogP contribution < -0.4 is 0 Å². The molecule has 0 bridgehead atoms. The molecular weight excluding hydrogens is 230 g/mol. The first kappa shape index (κ1) is 13.2. The zero-order valence-corrected chi connectivity index (χ0v) is 11.4. The molecule has 2 rings (SSSR count). The normalized spacial score (nSPS) is 28.5. The van der Waals surface area contributed by atoms with E-state index in [4.69, 9.17) is 0 Å². The van der Waals surface area contributed by atoms with Crippen LogP contribution in [0.1, 0.15) is 46.5 Å². The van der Waals surface area contributed by atoms with E-state index in [9.17, 15) is 14.4 Å². The van der Waals surface area contributed by atoms with Crippen molar-refractivity contribution < 1.29 is 14.4 Å². The summed E-state index contributed by atoms with van der Waals surface area (Å²) in [5.41, 5.74) is -0.506. The van der Waals surface area contributed by atoms with Gasteiger partial charge in [0.1, 0.15) is 0 Å². The number of carbonyl (C=O) groups is 3. The van der Waals surface area contributed by atoms with Gasteiger partial charge in [-0.3, -0.25) is 19.3 Å². The quantitative estimate of drug-likeness (QED) is 0.703. The van der Waals surface area contributed by atoms with Crippen LogP contribution >= 0.6 is 0 Å². The molecular formula is C14H21NO3. The molecule has 0 aromatic rings. The number of ketones is 1. The molecule has 0 aromatic carbocycles. The highest BCUT2D eigenvalue weighted by atomic mass is 16.2. The van der Waals surface area contributed by atoms with E-state index in [0.29, 0.717) is 0 Å². The fourth-order valence-electron chi connectivity index (χ4n) is 2.77. The van der Waals surface area contributed by atoms with Crippen molar-refractivity contribution in [3.63, 3.8) is 0 Å². The molecule has 1 heterocycles. The highest BCUT2D eigenvalue weighted by Gasteiger charge is 2.48. The van der Waals surface area contributed by atoms with Gasteiger partial charge in [-0.2, -0.15) is 0 Å². The molecule has 18 heavy (non-hydrogen) atoms. The lowest BCUT2D eigenvalue weighted by Gasteiger charge is -2.21. The monoisotopic (exact) mass is 251 g/mol. The number of rotatable bonds is 2. The lowest BCUT2D eigenvalue weighted by Crippen LogP contribution is -2.40. The van der Waals surface area contributed by atoms with Crippen molar-refractivity contribution in [2.75, 3.05) is 6.54 Å². The maximum atomic E-state index is 12.2. The maximum absolute atomic E-state index is 12.2. The SMILES string of the molecule is CC(C)(C)C(=O)CN1C(=O)[C@H]2CCCC[C@H]2C1=O. The van der Waals surface area contributed by atoms with E-state index >= 15 is 0 Å². The van der Waals surface area contributed by atoms with Gasteiger partial charge in [0, 0.05) is 5.41 Å². The Morgan fingerprint density at radius 1 is 1.11 bits per heavy atom. The largest absolute Gasteiger partial charge is 0.297 e. The Labute approximate surface area is 108 Å². The van der Waals surface area contributed by atoms with Gasteiger partial charge in [-0.1, -0.05) is 33.6 Å². The lowest BCUT2D eigenvalue weighted by molar-refractivity contribution is -0.144. The topological polar surface area (TPSA) is 54.5 Å². The third-order valence-corrected chi connectivity index (χ3v) is 4.07. The van der Waals surface area contributed by atoms with Gasteiger partial charge in [-0.15, -0.1) is 0 Å². The Balaban J connectivity index is 2.12. The zero-order valence-electron chi connectivity index (χ0n) is 11.4. The molecule has 4 heteroatoms. The van der Waals surface area contributed by atoms with Gasteiger partial charge in [-0.25, -0.2) is 0 Å². The van der Waals surface area contributed by atoms with E-state index in [-0.39, 0.29) is 36.0 Å². The number of fused-ring (bicyclic) bond motifs is 1. The number of Topliss-reactive ketones (excluding diaryl/α,β-unsaturated/α-hetero) is 1. The molecule has 1 aliphatic carbocycles. The van der Waals surface area contributed by atoms with E-state index in [0.717, 1.165) is 25.7 Å². The molecule has 0 spiro atoms. The van der Waals surface area contributed by atoms with Crippen LogP contribution in [0.5, 0.6) is 0 Å². The van der Waals surface area contributed by atoms with Gasteiger partial charge >= 0.3 is 0 Å². The Bertz CT molecular complexity index is 370. The van der Waals surface area contributed by atoms with Crippen molar-refractivity contribution in [1.29, 1.82) is 0 Å². The zero-order chi connectivity index (χ0) is 13.5. The number of amides is 2. The molecule has 0 radical (unpaired) electrons. The van der Waals surface area contributed by atoms with Gasteiger partial charge < -0.3 is 0 Å². The fourth-order valence-corrected chi connectivity index (χ4v) is 2.77. The predicted molar refractivity (Wildman–Crippen MR) is 66.6 cm³/mol. The Morgan fingerprint density at radius 3 is 1.94 bits per heavy atom. The lowest BCUT2D eigenvalue weighted by atomic mass is 9.81. The highest BCUT2D eigenvalue weighted by Crippen LogP contribution is 2.38. The summed E-state index contributed by atoms with van der Waals surface area (Å²) in [4.78, 5) is 37.5. The minimum absolute atomic E-state index is 0.0475. The molecule has 0 N–H and O–H groups in total. The predicted octanol–water partition coefficient (Wildman–Crippen LogP) is 1.78. The average molecular weight is 251 g/mol. The van der Waals surface area contributed by atoms with Gasteiger partial charge in [0.15, 0.2) is 5.78 Å². The van der Waals surface area contributed by atoms with Crippen LogP contribution in [0.3, 0.4) is 0 Å². The number of imide groups is 1. The summed E-state index contributed by atoms with van der Waals surface area (Å²) >= 11 is 0. The smallest absolute Gasteiger partial charge is 0.233 e. The summed E-state index contributed by atoms with van der Waals surface area (Å²) < 4.78 is 0. The number of carbonyl (C=O) groups excluding carboxylic acids is 3. The van der Waals surface area contributed by atoms with Gasteiger partial charge in [-0.05, 0) is 12.8 Å². The first-order valence-corrected chi connectivity index (χ1v) is 6.71. The Morgan fingerprint density at radius 2 is 1.56 bits per heavy atom. The van der Waals surface area contributed by atoms with Gasteiger partial charge in [0.25, 0.3) is 0 Å². The second-order valence-corrected chi connectivity index (χ2v) is 6.43. The van der Waals surface area contributed by atoms with Crippen molar-refractivity contribution in [2.45, 2.75) is 46.5 Å². The first-order valence-electron chi connectivity index (χ1n) is 6.71. The highest BCUT2D eigenvalue weighted by molar-refractivity contribution is 6.07. The molecule has 1 aliphatic heterocycles. The molecule has 2 fully saturated rings. The molecule has 2 aliphatic rings. The second-order valence-electron chi connectivity index (χ2n) is 6.43. The van der Waals surface area contributed by atoms with Crippen LogP contribution in [-0.4, -0.2) is 29.0 Å². The summed E-state index contributed by atoms with van der Waals surface area (Å²) in [6.07, 6.45) is 3.63. The third-order valence-electron chi connectivity index (χ3n) is 4.07. The second kappa shape index (κ2) is 4.48. The van der Waals surface area contributed by atoms with E-state index in [1.807, 2.05) is 20.8 Å². The van der Waals surface area contributed by atoms with E-state index in [2.05, 4.69) is 0 Å². The van der Waals surface area contributed by atoms with E-state index in [1.165, 1.54) is 4.90 Å². The van der Waals surface area contributed by atoms with E-state index in [1.54, 1.807) is 0 Å². The molecule has 2 amide bonds. The fraction of sp³-hybridized carbons (Fsp3) is 0.786. The number of hydrogen-bond donors (Lipinski definition) is 0. The summed E-state index contributed by atoms with van der Waals surface area (Å²) in [5, 5.41) is 0. The first-order chi connectivity index (χ1) is 8.32. The van der Waals surface area contributed by atoms with Crippen LogP contribution in [0.2, 0.25) is 0 Å². The third kappa shape index (κ3) is 2.20. The Hall–Kier alpha value is -1.19. The van der Waals surface area contributed by atoms with Crippen molar-refractivity contribution >= 4 is 17.6 Å². The van der Waals surface area contributed by atoms with Crippen molar-refractivity contribution in [1.82, 2.24) is 4.90 Å². The summed E-state index contributed by atoms with van der Waals surface area (Å²) in [5.74, 6) is -0.606. The molecule has 4 nitrogen and oxygen atoms in total. The Kier molecular flexibility index (Phi) is 3.30. The maximum Gasteiger partial charge on any atom is 0.233 e. The molecule has 100 valence electrons. The van der Waals surface area contributed by atoms with Crippen LogP contribution in [0, 0.1) is 17.3 Å². The van der Waals surface area contributed by atoms with Crippen molar-refractivity contribution in [2.24, 2.45) is 17.3 Å². The summed E-state index contributed by atoms with van der Waals surface area (Å²) in [6.45, 7) is 5.39. The number of likely N-dealkylation sites (tertiary alicyclic amines) is 1. The van der Waals surface area contributed by atoms with Gasteiger partial charge in [0.05, 0.1) is 18.4 Å². The van der Waals surface area contributed by atoms with Crippen molar-refractivity contribution in [3.05, 3.63) is 0 Å². The molecule has 1 saturated carbocycles. The van der Waals surface area contributed by atoms with Crippen LogP contribution in [0.15, 0.2) is 0 Å². The average Bonchev–Trinajstić information content (AvgIpc) is 2.54. The standard InChI is InChI=1S/C14H21NO3/c1-14(2,3)11(16)8-15-12(17)9-6-4-5-7-10(9)13(15)18/h9-10H,4-8H2,1-3H3/t9-,10+. The summed E-state index contributed by atoms with van der Waals surface area (Å²) in [7, 11) is 0. The minimum atomic E-state index is -0.506. The van der Waals surface area contributed by atoms with Crippen LogP contribution in [-0.2, 0) is 14.4 Å². The molecule has 1 saturated heterocycles. The number of nitrogens with zero attached hydrogens (tertiary/aromatic N) is 1. The molecule has 0 aromatic heterocycles. The minimum Gasteiger partial charge on any atom is -0.297 e. The van der Waals surface area contributed by atoms with E-state index < -0.39 is 5.41 Å². The summed E-state index contributed by atoms with van der Waals surface area (Å²) in [6, 6.07) is 0. The number of hydrogen-bond acceptors (Lipinski definition) is 3. The molecule has 2 atom stereocenters. The van der Waals surface area contributed by atoms with Gasteiger partial charge in [0.2, 0.25) is 11.8 Å².